The molecule has 1 unspecified atom stereocenters. The van der Waals surface area contributed by atoms with E-state index in [-0.39, 0.29) is 40.1 Å². The van der Waals surface area contributed by atoms with E-state index in [2.05, 4.69) is 57.8 Å². The van der Waals surface area contributed by atoms with Gasteiger partial charge in [0.2, 0.25) is 0 Å². The average Bonchev–Trinajstić information content (AvgIpc) is 3.26. The van der Waals surface area contributed by atoms with Crippen LogP contribution in [0, 0.1) is 22.5 Å². The van der Waals surface area contributed by atoms with Crippen molar-refractivity contribution in [2.45, 2.75) is 63.8 Å². The molecule has 2 fully saturated rings. The summed E-state index contributed by atoms with van der Waals surface area (Å²) in [6, 6.07) is 23.5. The van der Waals surface area contributed by atoms with Crippen molar-refractivity contribution in [1.82, 2.24) is 14.5 Å². The second-order valence-corrected chi connectivity index (χ2v) is 18.9. The summed E-state index contributed by atoms with van der Waals surface area (Å²) < 4.78 is 33.6. The molecule has 4 aromatic rings. The van der Waals surface area contributed by atoms with Gasteiger partial charge in [-0.1, -0.05) is 49.2 Å². The number of nitrogens with one attached hydrogen (secondary N) is 2. The minimum atomic E-state index is -2.12. The summed E-state index contributed by atoms with van der Waals surface area (Å²) in [5.41, 5.74) is 6.30. The maximum atomic E-state index is 14.0. The Balaban J connectivity index is 1.10. The molecular formula is C47H57ClN6O7S. The molecule has 2 saturated heterocycles. The minimum Gasteiger partial charge on any atom is -0.467 e. The topological polar surface area (TPSA) is 139 Å². The molecule has 1 aliphatic carbocycles. The van der Waals surface area contributed by atoms with Crippen molar-refractivity contribution in [3.05, 3.63) is 116 Å². The number of nitro benzene ring substituents is 1. The van der Waals surface area contributed by atoms with Crippen molar-refractivity contribution in [2.75, 3.05) is 77.0 Å². The summed E-state index contributed by atoms with van der Waals surface area (Å²) >= 11 is 6.25. The number of piperidine rings is 1. The van der Waals surface area contributed by atoms with Crippen LogP contribution in [0.2, 0.25) is 5.02 Å². The Morgan fingerprint density at radius 2 is 1.68 bits per heavy atom. The number of hydrogen-bond donors (Lipinski definition) is 2. The highest BCUT2D eigenvalue weighted by atomic mass is 35.5. The molecule has 1 atom stereocenters. The molecule has 3 aliphatic rings. The molecule has 15 heteroatoms. The second-order valence-electron chi connectivity index (χ2n) is 17.3. The molecule has 0 radical (unpaired) electrons. The summed E-state index contributed by atoms with van der Waals surface area (Å²) in [7, 11) is 1.48. The van der Waals surface area contributed by atoms with Gasteiger partial charge in [0.05, 0.1) is 15.4 Å². The smallest absolute Gasteiger partial charge is 0.293 e. The number of allylic oxidation sites excluding steroid dienone is 1. The maximum Gasteiger partial charge on any atom is 0.293 e. The Morgan fingerprint density at radius 3 is 2.39 bits per heavy atom. The highest BCUT2D eigenvalue weighted by molar-refractivity contribution is 7.83. The van der Waals surface area contributed by atoms with Gasteiger partial charge in [0, 0.05) is 74.3 Å². The number of piperazine rings is 1. The van der Waals surface area contributed by atoms with Gasteiger partial charge in [-0.25, -0.2) is 4.21 Å². The number of halogens is 1. The third kappa shape index (κ3) is 11.1. The van der Waals surface area contributed by atoms with E-state index in [4.69, 9.17) is 25.8 Å². The van der Waals surface area contributed by atoms with Crippen LogP contribution in [-0.4, -0.2) is 97.6 Å². The lowest BCUT2D eigenvalue weighted by molar-refractivity contribution is -0.384. The van der Waals surface area contributed by atoms with Crippen LogP contribution in [0.5, 0.6) is 17.2 Å². The van der Waals surface area contributed by atoms with Crippen LogP contribution in [0.1, 0.15) is 67.4 Å². The Labute approximate surface area is 372 Å². The highest BCUT2D eigenvalue weighted by Crippen LogP contribution is 2.44. The third-order valence-corrected chi connectivity index (χ3v) is 13.5. The molecular weight excluding hydrogens is 828 g/mol. The molecule has 13 nitrogen and oxygen atoms in total. The number of rotatable bonds is 15. The van der Waals surface area contributed by atoms with Gasteiger partial charge in [-0.2, -0.15) is 0 Å². The van der Waals surface area contributed by atoms with Gasteiger partial charge in [0.15, 0.2) is 17.8 Å². The number of nitrogens with zero attached hydrogens (tertiary/aromatic N) is 4. The van der Waals surface area contributed by atoms with E-state index < -0.39 is 21.8 Å². The van der Waals surface area contributed by atoms with E-state index in [9.17, 15) is 19.1 Å². The van der Waals surface area contributed by atoms with E-state index >= 15 is 0 Å². The Bertz CT molecular complexity index is 2310. The largest absolute Gasteiger partial charge is 0.467 e. The molecule has 2 N–H and O–H groups in total. The summed E-state index contributed by atoms with van der Waals surface area (Å²) in [6.45, 7) is 12.5. The normalized spacial score (nSPS) is 18.0. The number of carbonyl (C=O) groups is 1. The number of anilines is 2. The fourth-order valence-electron chi connectivity index (χ4n) is 8.45. The number of amides is 1. The summed E-state index contributed by atoms with van der Waals surface area (Å²) in [5, 5.41) is 16.2. The zero-order valence-electron chi connectivity index (χ0n) is 36.2. The summed E-state index contributed by atoms with van der Waals surface area (Å²) in [6.07, 6.45) is 4.95. The van der Waals surface area contributed by atoms with Gasteiger partial charge in [-0.15, -0.1) is 0 Å². The zero-order chi connectivity index (χ0) is 44.0. The minimum absolute atomic E-state index is 0.0519. The first-order valence-electron chi connectivity index (χ1n) is 21.2. The second kappa shape index (κ2) is 20.0. The van der Waals surface area contributed by atoms with Crippen LogP contribution in [0.3, 0.4) is 0 Å². The Morgan fingerprint density at radius 1 is 0.952 bits per heavy atom. The van der Waals surface area contributed by atoms with Crippen molar-refractivity contribution in [3.63, 3.8) is 0 Å². The number of hydrogen-bond acceptors (Lipinski definition) is 11. The first kappa shape index (κ1) is 45.0. The highest BCUT2D eigenvalue weighted by Gasteiger charge is 2.30. The number of nitro groups is 1. The van der Waals surface area contributed by atoms with Gasteiger partial charge in [-0.3, -0.25) is 24.5 Å². The first-order valence-corrected chi connectivity index (χ1v) is 22.7. The number of methoxy groups -OCH3 is 1. The van der Waals surface area contributed by atoms with Gasteiger partial charge in [-0.05, 0) is 124 Å². The van der Waals surface area contributed by atoms with Crippen molar-refractivity contribution >= 4 is 51.1 Å². The molecule has 0 aromatic heterocycles. The van der Waals surface area contributed by atoms with Gasteiger partial charge in [0.1, 0.15) is 22.9 Å². The number of ether oxygens (including phenoxy) is 3. The lowest BCUT2D eigenvalue weighted by Crippen LogP contribution is -2.47. The van der Waals surface area contributed by atoms with Crippen molar-refractivity contribution in [3.8, 4) is 17.2 Å². The van der Waals surface area contributed by atoms with Crippen molar-refractivity contribution < 1.29 is 28.1 Å². The quantitative estimate of drug-likeness (QED) is 0.0672. The SMILES string of the molecule is COCOc1cccc(Oc2cc(N3CCN(CC4=C(c5ccc(Cl)cc5)CC(C)(C)CC4)CC3)ccc2C(=O)NS(=O)c2ccc(NC3CCN(C)CC3)c([N+](=O)[O-])c2)c1C. The standard InChI is InChI=1S/C47H57ClN6O7S/c1-32-43(60-31-59-5)7-6-8-44(32)61-45-27-37(53-25-23-52(24-26-53)30-34-17-20-47(2,3)29-40(34)33-9-11-35(48)12-10-33)13-15-39(45)46(55)50-62(58)38-14-16-41(42(28-38)54(56)57)49-36-18-21-51(4)22-19-36/h6-16,27-28,36,49H,17-26,29-31H2,1-5H3,(H,50,55). The van der Waals surface area contributed by atoms with Crippen LogP contribution in [-0.2, 0) is 15.7 Å². The van der Waals surface area contributed by atoms with Crippen molar-refractivity contribution in [1.29, 1.82) is 0 Å². The molecule has 62 heavy (non-hydrogen) atoms. The maximum absolute atomic E-state index is 14.0. The van der Waals surface area contributed by atoms with Crippen molar-refractivity contribution in [2.24, 2.45) is 5.41 Å². The molecule has 4 aromatic carbocycles. The molecule has 2 heterocycles. The van der Waals surface area contributed by atoms with Crippen LogP contribution in [0.25, 0.3) is 5.57 Å². The van der Waals surface area contributed by atoms with Crippen LogP contribution < -0.4 is 24.4 Å². The molecule has 0 spiro atoms. The fourth-order valence-corrected chi connectivity index (χ4v) is 9.38. The van der Waals surface area contributed by atoms with Crippen LogP contribution in [0.4, 0.5) is 17.1 Å². The third-order valence-electron chi connectivity index (χ3n) is 12.2. The molecule has 7 rings (SSSR count). The first-order chi connectivity index (χ1) is 29.8. The monoisotopic (exact) mass is 884 g/mol. The van der Waals surface area contributed by atoms with Crippen LogP contribution in [0.15, 0.2) is 89.3 Å². The average molecular weight is 886 g/mol. The number of carbonyl (C=O) groups excluding carboxylic acids is 1. The Hall–Kier alpha value is -4.99. The molecule has 0 saturated carbocycles. The van der Waals surface area contributed by atoms with E-state index in [1.54, 1.807) is 37.4 Å². The van der Waals surface area contributed by atoms with E-state index in [1.807, 2.05) is 37.3 Å². The molecule has 1 amide bonds. The summed E-state index contributed by atoms with van der Waals surface area (Å²) in [5.74, 6) is 0.642. The number of benzene rings is 4. The van der Waals surface area contributed by atoms with Gasteiger partial charge >= 0.3 is 0 Å². The van der Waals surface area contributed by atoms with E-state index in [0.717, 1.165) is 88.6 Å². The molecule has 0 bridgehead atoms. The lowest BCUT2D eigenvalue weighted by atomic mass is 9.72. The predicted molar refractivity (Wildman–Crippen MR) is 246 cm³/mol. The van der Waals surface area contributed by atoms with E-state index in [0.29, 0.717) is 22.7 Å². The fraction of sp³-hybridized carbons (Fsp3) is 0.426. The van der Waals surface area contributed by atoms with E-state index in [1.165, 1.54) is 22.8 Å². The number of likely N-dealkylation sites (tertiary alicyclic amines) is 1. The van der Waals surface area contributed by atoms with Gasteiger partial charge < -0.3 is 29.3 Å². The Kier molecular flexibility index (Phi) is 14.5. The van der Waals surface area contributed by atoms with Gasteiger partial charge in [0.25, 0.3) is 11.6 Å². The predicted octanol–water partition coefficient (Wildman–Crippen LogP) is 9.08. The molecule has 330 valence electrons. The van der Waals surface area contributed by atoms with Crippen LogP contribution >= 0.6 is 11.6 Å². The molecule has 2 aliphatic heterocycles. The summed E-state index contributed by atoms with van der Waals surface area (Å²) in [4.78, 5) is 32.8. The lowest BCUT2D eigenvalue weighted by Gasteiger charge is -2.39. The zero-order valence-corrected chi connectivity index (χ0v) is 37.8.